The van der Waals surface area contributed by atoms with Crippen molar-refractivity contribution in [1.82, 2.24) is 0 Å². The zero-order chi connectivity index (χ0) is 12.5. The Bertz CT molecular complexity index is 466. The summed E-state index contributed by atoms with van der Waals surface area (Å²) in [6, 6.07) is 8.26. The summed E-state index contributed by atoms with van der Waals surface area (Å²) in [6.07, 6.45) is 5.76. The zero-order valence-corrected chi connectivity index (χ0v) is 10.9. The third-order valence-corrected chi connectivity index (χ3v) is 4.34. The van der Waals surface area contributed by atoms with Crippen LogP contribution >= 0.6 is 0 Å². The summed E-state index contributed by atoms with van der Waals surface area (Å²) in [7, 11) is 0. The Kier molecular flexibility index (Phi) is 2.99. The van der Waals surface area contributed by atoms with Gasteiger partial charge in [-0.2, -0.15) is 5.26 Å². The van der Waals surface area contributed by atoms with Crippen LogP contribution in [0.2, 0.25) is 0 Å². The summed E-state index contributed by atoms with van der Waals surface area (Å²) < 4.78 is 0. The van der Waals surface area contributed by atoms with Gasteiger partial charge in [0.2, 0.25) is 0 Å². The lowest BCUT2D eigenvalue weighted by Crippen LogP contribution is -2.18. The van der Waals surface area contributed by atoms with Gasteiger partial charge in [0.15, 0.2) is 0 Å². The topological polar surface area (TPSA) is 35.8 Å². The monoisotopic (exact) mass is 240 g/mol. The van der Waals surface area contributed by atoms with E-state index in [0.717, 1.165) is 41.1 Å². The normalized spacial score (nSPS) is 18.7. The summed E-state index contributed by atoms with van der Waals surface area (Å²) in [5, 5.41) is 12.5. The molecule has 3 rings (SSSR count). The number of nitriles is 1. The van der Waals surface area contributed by atoms with Crippen molar-refractivity contribution in [1.29, 1.82) is 5.26 Å². The molecule has 0 spiro atoms. The number of anilines is 1. The van der Waals surface area contributed by atoms with Gasteiger partial charge in [-0.15, -0.1) is 0 Å². The fourth-order valence-electron chi connectivity index (χ4n) is 2.90. The number of benzene rings is 1. The van der Waals surface area contributed by atoms with E-state index in [9.17, 15) is 0 Å². The van der Waals surface area contributed by atoms with Crippen LogP contribution in [-0.2, 0) is 0 Å². The van der Waals surface area contributed by atoms with E-state index in [4.69, 9.17) is 5.26 Å². The molecule has 0 atom stereocenters. The Labute approximate surface area is 109 Å². The van der Waals surface area contributed by atoms with Crippen LogP contribution in [-0.4, -0.2) is 6.54 Å². The van der Waals surface area contributed by atoms with Gasteiger partial charge in [-0.25, -0.2) is 0 Å². The minimum absolute atomic E-state index is 0.779. The summed E-state index contributed by atoms with van der Waals surface area (Å²) in [5.74, 6) is 2.87. The molecule has 18 heavy (non-hydrogen) atoms. The first kappa shape index (κ1) is 11.6. The maximum absolute atomic E-state index is 8.92. The van der Waals surface area contributed by atoms with Gasteiger partial charge in [-0.3, -0.25) is 0 Å². The molecule has 94 valence electrons. The predicted octanol–water partition coefficient (Wildman–Crippen LogP) is 3.71. The fraction of sp³-hybridized carbons (Fsp3) is 0.562. The highest BCUT2D eigenvalue weighted by Gasteiger charge is 2.40. The van der Waals surface area contributed by atoms with Crippen LogP contribution in [0.4, 0.5) is 5.69 Å². The molecule has 2 fully saturated rings. The SMILES string of the molecule is Cc1cc(NCC(C2CC2)C2CC2)ccc1C#N. The molecule has 0 heterocycles. The highest BCUT2D eigenvalue weighted by Crippen LogP contribution is 2.49. The summed E-state index contributed by atoms with van der Waals surface area (Å²) in [6.45, 7) is 3.11. The Morgan fingerprint density at radius 1 is 1.28 bits per heavy atom. The molecule has 1 aromatic carbocycles. The van der Waals surface area contributed by atoms with Crippen LogP contribution in [0.15, 0.2) is 18.2 Å². The second kappa shape index (κ2) is 4.65. The zero-order valence-electron chi connectivity index (χ0n) is 10.9. The third kappa shape index (κ3) is 2.51. The molecule has 0 aromatic heterocycles. The smallest absolute Gasteiger partial charge is 0.0994 e. The molecule has 1 aromatic rings. The van der Waals surface area contributed by atoms with Gasteiger partial charge < -0.3 is 5.32 Å². The van der Waals surface area contributed by atoms with Gasteiger partial charge >= 0.3 is 0 Å². The van der Waals surface area contributed by atoms with Gasteiger partial charge in [-0.1, -0.05) is 0 Å². The molecular formula is C16H20N2. The fourth-order valence-corrected chi connectivity index (χ4v) is 2.90. The first-order valence-electron chi connectivity index (χ1n) is 7.02. The molecule has 2 aliphatic carbocycles. The maximum Gasteiger partial charge on any atom is 0.0994 e. The molecule has 0 bridgehead atoms. The summed E-state index contributed by atoms with van der Waals surface area (Å²) in [5.41, 5.74) is 3.01. The van der Waals surface area contributed by atoms with Crippen molar-refractivity contribution >= 4 is 5.69 Å². The number of nitrogens with one attached hydrogen (secondary N) is 1. The lowest BCUT2D eigenvalue weighted by molar-refractivity contribution is 0.428. The number of nitrogens with zero attached hydrogens (tertiary/aromatic N) is 1. The Hall–Kier alpha value is -1.49. The molecule has 2 saturated carbocycles. The predicted molar refractivity (Wildman–Crippen MR) is 73.3 cm³/mol. The molecule has 0 radical (unpaired) electrons. The highest BCUT2D eigenvalue weighted by molar-refractivity contribution is 5.51. The van der Waals surface area contributed by atoms with Gasteiger partial charge in [0.1, 0.15) is 0 Å². The highest BCUT2D eigenvalue weighted by atomic mass is 14.9. The van der Waals surface area contributed by atoms with E-state index in [0.29, 0.717) is 0 Å². The first-order chi connectivity index (χ1) is 8.78. The molecule has 1 N–H and O–H groups in total. The molecule has 0 aliphatic heterocycles. The van der Waals surface area contributed by atoms with Gasteiger partial charge in [0.25, 0.3) is 0 Å². The number of hydrogen-bond donors (Lipinski definition) is 1. The van der Waals surface area contributed by atoms with E-state index >= 15 is 0 Å². The minimum atomic E-state index is 0.779. The van der Waals surface area contributed by atoms with Crippen LogP contribution in [0.3, 0.4) is 0 Å². The van der Waals surface area contributed by atoms with E-state index in [-0.39, 0.29) is 0 Å². The largest absolute Gasteiger partial charge is 0.385 e. The molecule has 2 aliphatic rings. The average molecular weight is 240 g/mol. The average Bonchev–Trinajstić information content (AvgIpc) is 3.24. The lowest BCUT2D eigenvalue weighted by atomic mass is 9.98. The Morgan fingerprint density at radius 3 is 2.44 bits per heavy atom. The van der Waals surface area contributed by atoms with Crippen molar-refractivity contribution in [2.45, 2.75) is 32.6 Å². The van der Waals surface area contributed by atoms with Crippen molar-refractivity contribution < 1.29 is 0 Å². The van der Waals surface area contributed by atoms with Crippen molar-refractivity contribution in [3.8, 4) is 6.07 Å². The summed E-state index contributed by atoms with van der Waals surface area (Å²) in [4.78, 5) is 0. The van der Waals surface area contributed by atoms with Gasteiger partial charge in [0.05, 0.1) is 11.6 Å². The number of aryl methyl sites for hydroxylation is 1. The molecule has 0 amide bonds. The number of rotatable bonds is 5. The van der Waals surface area contributed by atoms with Crippen LogP contribution in [0.25, 0.3) is 0 Å². The van der Waals surface area contributed by atoms with E-state index in [1.807, 2.05) is 19.1 Å². The Balaban J connectivity index is 1.62. The van der Waals surface area contributed by atoms with Crippen molar-refractivity contribution in [2.75, 3.05) is 11.9 Å². The van der Waals surface area contributed by atoms with E-state index in [1.165, 1.54) is 25.7 Å². The van der Waals surface area contributed by atoms with Crippen molar-refractivity contribution in [2.24, 2.45) is 17.8 Å². The third-order valence-electron chi connectivity index (χ3n) is 4.34. The standard InChI is InChI=1S/C16H20N2/c1-11-8-15(7-6-14(11)9-17)18-10-16(12-2-3-12)13-4-5-13/h6-8,12-13,16,18H,2-5,10H2,1H3. The van der Waals surface area contributed by atoms with Gasteiger partial charge in [0, 0.05) is 12.2 Å². The van der Waals surface area contributed by atoms with Crippen LogP contribution < -0.4 is 5.32 Å². The van der Waals surface area contributed by atoms with E-state index in [2.05, 4.69) is 17.5 Å². The van der Waals surface area contributed by atoms with Crippen molar-refractivity contribution in [3.63, 3.8) is 0 Å². The molecule has 2 nitrogen and oxygen atoms in total. The molecule has 0 saturated heterocycles. The van der Waals surface area contributed by atoms with Crippen molar-refractivity contribution in [3.05, 3.63) is 29.3 Å². The van der Waals surface area contributed by atoms with E-state index in [1.54, 1.807) is 0 Å². The Morgan fingerprint density at radius 2 is 1.94 bits per heavy atom. The van der Waals surface area contributed by atoms with Crippen LogP contribution in [0, 0.1) is 36.0 Å². The van der Waals surface area contributed by atoms with Crippen LogP contribution in [0.1, 0.15) is 36.8 Å². The maximum atomic E-state index is 8.92. The molecular weight excluding hydrogens is 220 g/mol. The molecule has 2 heteroatoms. The second-order valence-electron chi connectivity index (χ2n) is 5.86. The first-order valence-corrected chi connectivity index (χ1v) is 7.02. The van der Waals surface area contributed by atoms with E-state index < -0.39 is 0 Å². The minimum Gasteiger partial charge on any atom is -0.385 e. The lowest BCUT2D eigenvalue weighted by Gasteiger charge is -2.17. The molecule has 0 unspecified atom stereocenters. The number of hydrogen-bond acceptors (Lipinski definition) is 2. The summed E-state index contributed by atoms with van der Waals surface area (Å²) >= 11 is 0. The van der Waals surface area contributed by atoms with Crippen LogP contribution in [0.5, 0.6) is 0 Å². The quantitative estimate of drug-likeness (QED) is 0.851. The second-order valence-corrected chi connectivity index (χ2v) is 5.86. The van der Waals surface area contributed by atoms with Gasteiger partial charge in [-0.05, 0) is 74.1 Å².